The number of benzene rings is 3. The van der Waals surface area contributed by atoms with E-state index >= 15 is 4.39 Å². The molecule has 1 unspecified atom stereocenters. The van der Waals surface area contributed by atoms with E-state index in [2.05, 4.69) is 26.9 Å². The molecule has 0 spiro atoms. The second kappa shape index (κ2) is 14.3. The highest BCUT2D eigenvalue weighted by Crippen LogP contribution is 2.44. The van der Waals surface area contributed by atoms with Gasteiger partial charge in [-0.1, -0.05) is 48.6 Å². The number of amides is 1. The highest BCUT2D eigenvalue weighted by atomic mass is 35.5. The van der Waals surface area contributed by atoms with Crippen molar-refractivity contribution in [1.29, 1.82) is 0 Å². The number of halogens is 3. The molecular formula is C45H34ClF2N9O6S. The number of hydrogen-bond acceptors (Lipinski definition) is 13. The molecule has 11 rings (SSSR count). The van der Waals surface area contributed by atoms with Crippen molar-refractivity contribution in [2.24, 2.45) is 0 Å². The molecule has 1 amide bonds. The number of nitrogens with two attached hydrogens (primary N) is 1. The largest absolute Gasteiger partial charge is 0.489 e. The molecule has 1 fully saturated rings. The lowest BCUT2D eigenvalue weighted by atomic mass is 9.86. The summed E-state index contributed by atoms with van der Waals surface area (Å²) in [7, 11) is 0. The number of thiazole rings is 1. The van der Waals surface area contributed by atoms with E-state index in [1.165, 1.54) is 18.3 Å². The fraction of sp³-hybridized carbons (Fsp3) is 0.244. The maximum atomic E-state index is 16.4. The molecule has 19 heteroatoms. The van der Waals surface area contributed by atoms with Crippen LogP contribution in [0.25, 0.3) is 65.6 Å². The number of aromatic nitrogens is 7. The summed E-state index contributed by atoms with van der Waals surface area (Å²) < 4.78 is 45.8. The number of fused-ring (bicyclic) bond motifs is 9. The van der Waals surface area contributed by atoms with Crippen molar-refractivity contribution >= 4 is 83.0 Å². The van der Waals surface area contributed by atoms with Gasteiger partial charge in [-0.2, -0.15) is 0 Å². The van der Waals surface area contributed by atoms with Crippen molar-refractivity contribution in [2.45, 2.75) is 51.5 Å². The topological polar surface area (TPSA) is 193 Å². The third-order valence-corrected chi connectivity index (χ3v) is 13.8. The molecule has 15 nitrogen and oxygen atoms in total. The molecule has 0 bridgehead atoms. The number of aliphatic hydroxyl groups is 1. The minimum Gasteiger partial charge on any atom is -0.489 e. The molecule has 5 aromatic heterocycles. The Kier molecular flexibility index (Phi) is 8.93. The van der Waals surface area contributed by atoms with E-state index < -0.39 is 23.2 Å². The van der Waals surface area contributed by atoms with Crippen LogP contribution in [0.15, 0.2) is 65.6 Å². The van der Waals surface area contributed by atoms with Gasteiger partial charge in [0.2, 0.25) is 0 Å². The first-order chi connectivity index (χ1) is 30.8. The molecule has 64 heavy (non-hydrogen) atoms. The van der Waals surface area contributed by atoms with Crippen LogP contribution < -0.4 is 16.0 Å². The zero-order valence-corrected chi connectivity index (χ0v) is 35.6. The smallest absolute Gasteiger partial charge is 0.343 e. The fourth-order valence-electron chi connectivity index (χ4n) is 9.26. The van der Waals surface area contributed by atoms with Gasteiger partial charge in [-0.25, -0.2) is 28.2 Å². The zero-order chi connectivity index (χ0) is 44.5. The number of ether oxygens (including phenoxy) is 2. The van der Waals surface area contributed by atoms with Crippen LogP contribution in [0, 0.1) is 11.6 Å². The second-order valence-electron chi connectivity index (χ2n) is 16.1. The molecule has 8 aromatic rings. The lowest BCUT2D eigenvalue weighted by Crippen LogP contribution is -2.51. The van der Waals surface area contributed by atoms with E-state index in [4.69, 9.17) is 31.8 Å². The molecule has 1 atom stereocenters. The number of rotatable bonds is 8. The SMILES string of the molecule is C=C(COc1ccc2nc3c(c(CC)c2c1)Cn1c-3cc2c(c1=O)COC(=O)C2(O)CC)C(=O)N1CC(n2nnc3cnc4c(F)c(-c5ccc(F)c6sc(N)nc56)c(Cl)cc4c32)C1. The van der Waals surface area contributed by atoms with E-state index in [1.807, 2.05) is 19.1 Å². The Morgan fingerprint density at radius 3 is 2.67 bits per heavy atom. The van der Waals surface area contributed by atoms with Crippen molar-refractivity contribution in [1.82, 2.24) is 39.4 Å². The number of carbonyl (C=O) groups excluding carboxylic acids is 2. The number of carbonyl (C=O) groups is 2. The quantitative estimate of drug-likeness (QED) is 0.121. The fourth-order valence-corrected chi connectivity index (χ4v) is 10.3. The predicted molar refractivity (Wildman–Crippen MR) is 235 cm³/mol. The standard InChI is InChI=1S/C45H34ClF2N9O6S/c1-4-22-24-10-21(6-9-31(24)51-36-26(22)16-56-33(36)12-28-27(42(56)59)18-63-43(60)45(28,61)5-2)62-17-19(3)41(58)55-14-20(15-55)57-39-25-11-29(46)34(35(48)37(25)50-13-32(39)53-54-57)23-7-8-30(47)40-38(23)52-44(49)64-40/h6-13,20,61H,3-5,14-18H2,1-2H3,(H2,49,52). The van der Waals surface area contributed by atoms with Crippen LogP contribution in [-0.4, -0.2) is 76.1 Å². The number of nitrogen functional groups attached to an aromatic ring is 1. The van der Waals surface area contributed by atoms with Gasteiger partial charge >= 0.3 is 5.97 Å². The summed E-state index contributed by atoms with van der Waals surface area (Å²) in [6.45, 7) is 8.21. The van der Waals surface area contributed by atoms with Crippen LogP contribution in [-0.2, 0) is 39.5 Å². The lowest BCUT2D eigenvalue weighted by Gasteiger charge is -2.39. The molecule has 0 aliphatic carbocycles. The van der Waals surface area contributed by atoms with Gasteiger partial charge in [0.15, 0.2) is 16.5 Å². The van der Waals surface area contributed by atoms with Crippen LogP contribution in [0.3, 0.4) is 0 Å². The number of anilines is 1. The zero-order valence-electron chi connectivity index (χ0n) is 34.0. The summed E-state index contributed by atoms with van der Waals surface area (Å²) in [5, 5.41) is 21.2. The normalized spacial score (nSPS) is 16.9. The highest BCUT2D eigenvalue weighted by Gasteiger charge is 2.45. The van der Waals surface area contributed by atoms with Crippen molar-refractivity contribution in [3.05, 3.63) is 110 Å². The van der Waals surface area contributed by atoms with Crippen LogP contribution in [0.4, 0.5) is 13.9 Å². The number of cyclic esters (lactones) is 1. The monoisotopic (exact) mass is 901 g/mol. The average Bonchev–Trinajstić information content (AvgIpc) is 3.99. The lowest BCUT2D eigenvalue weighted by molar-refractivity contribution is -0.172. The van der Waals surface area contributed by atoms with Crippen LogP contribution >= 0.6 is 22.9 Å². The molecule has 322 valence electrons. The first-order valence-corrected chi connectivity index (χ1v) is 21.6. The Morgan fingerprint density at radius 1 is 1.08 bits per heavy atom. The van der Waals surface area contributed by atoms with Crippen molar-refractivity contribution in [2.75, 3.05) is 25.4 Å². The third kappa shape index (κ3) is 5.71. The van der Waals surface area contributed by atoms with Crippen LogP contribution in [0.5, 0.6) is 5.75 Å². The minimum absolute atomic E-state index is 0.00711. The van der Waals surface area contributed by atoms with Crippen molar-refractivity contribution < 1.29 is 33.0 Å². The second-order valence-corrected chi connectivity index (χ2v) is 17.5. The first kappa shape index (κ1) is 39.9. The summed E-state index contributed by atoms with van der Waals surface area (Å²) in [5.74, 6) is -1.84. The minimum atomic E-state index is -1.92. The van der Waals surface area contributed by atoms with Gasteiger partial charge < -0.3 is 29.8 Å². The summed E-state index contributed by atoms with van der Waals surface area (Å²) in [6, 6.07) is 11.0. The van der Waals surface area contributed by atoms with E-state index in [0.29, 0.717) is 45.5 Å². The summed E-state index contributed by atoms with van der Waals surface area (Å²) in [4.78, 5) is 55.1. The van der Waals surface area contributed by atoms with Crippen LogP contribution in [0.2, 0.25) is 5.02 Å². The number of hydrogen-bond donors (Lipinski definition) is 2. The van der Waals surface area contributed by atoms with Crippen molar-refractivity contribution in [3.8, 4) is 28.3 Å². The van der Waals surface area contributed by atoms with Crippen molar-refractivity contribution in [3.63, 3.8) is 0 Å². The molecule has 0 saturated carbocycles. The Morgan fingerprint density at radius 2 is 1.89 bits per heavy atom. The van der Waals surface area contributed by atoms with Gasteiger partial charge in [0.25, 0.3) is 11.5 Å². The molecular weight excluding hydrogens is 868 g/mol. The summed E-state index contributed by atoms with van der Waals surface area (Å²) in [6.07, 6.45) is 2.09. The Bertz CT molecular complexity index is 3490. The number of esters is 1. The molecule has 1 saturated heterocycles. The molecule has 3 aliphatic heterocycles. The number of nitrogens with zero attached hydrogens (tertiary/aromatic N) is 8. The summed E-state index contributed by atoms with van der Waals surface area (Å²) >= 11 is 7.72. The van der Waals surface area contributed by atoms with E-state index in [-0.39, 0.29) is 110 Å². The first-order valence-electron chi connectivity index (χ1n) is 20.4. The van der Waals surface area contributed by atoms with Gasteiger partial charge in [-0.15, -0.1) is 5.10 Å². The Labute approximate surface area is 369 Å². The Hall–Kier alpha value is -6.89. The predicted octanol–water partition coefficient (Wildman–Crippen LogP) is 6.74. The molecule has 3 N–H and O–H groups in total. The maximum absolute atomic E-state index is 16.4. The van der Waals surface area contributed by atoms with Gasteiger partial charge in [-0.05, 0) is 60.9 Å². The molecule has 0 radical (unpaired) electrons. The average molecular weight is 902 g/mol. The van der Waals surface area contributed by atoms with Crippen LogP contribution in [0.1, 0.15) is 48.6 Å². The number of pyridine rings is 3. The van der Waals surface area contributed by atoms with Gasteiger partial charge in [0.05, 0.1) is 56.5 Å². The van der Waals surface area contributed by atoms with Gasteiger partial charge in [0, 0.05) is 51.7 Å². The van der Waals surface area contributed by atoms with E-state index in [0.717, 1.165) is 27.8 Å². The number of likely N-dealkylation sites (tertiary alicyclic amines) is 1. The highest BCUT2D eigenvalue weighted by molar-refractivity contribution is 7.22. The van der Waals surface area contributed by atoms with Gasteiger partial charge in [-0.3, -0.25) is 14.6 Å². The maximum Gasteiger partial charge on any atom is 0.343 e. The third-order valence-electron chi connectivity index (χ3n) is 12.6. The summed E-state index contributed by atoms with van der Waals surface area (Å²) in [5.41, 5.74) is 9.39. The molecule has 3 aromatic carbocycles. The number of aryl methyl sites for hydroxylation is 1. The van der Waals surface area contributed by atoms with E-state index in [9.17, 15) is 23.9 Å². The van der Waals surface area contributed by atoms with E-state index in [1.54, 1.807) is 39.3 Å². The molecule has 8 heterocycles. The Balaban J connectivity index is 0.811. The molecule has 3 aliphatic rings. The van der Waals surface area contributed by atoms with Gasteiger partial charge in [0.1, 0.15) is 41.3 Å².